The van der Waals surface area contributed by atoms with E-state index >= 15 is 0 Å². The van der Waals surface area contributed by atoms with E-state index in [-0.39, 0.29) is 29.7 Å². The fraction of sp³-hybridized carbons (Fsp3) is 0.593. The molecule has 3 amide bonds. The molecule has 3 N–H and O–H groups in total. The zero-order valence-corrected chi connectivity index (χ0v) is 22.3. The maximum Gasteiger partial charge on any atom is 0.319 e. The van der Waals surface area contributed by atoms with Gasteiger partial charge in [-0.3, -0.25) is 4.79 Å². The Labute approximate surface area is 225 Å². The number of anilines is 1. The number of nitrogens with zero attached hydrogens (tertiary/aromatic N) is 6. The van der Waals surface area contributed by atoms with E-state index in [1.165, 1.54) is 4.90 Å². The highest BCUT2D eigenvalue weighted by Crippen LogP contribution is 2.56. The van der Waals surface area contributed by atoms with Gasteiger partial charge >= 0.3 is 6.03 Å². The van der Waals surface area contributed by atoms with E-state index < -0.39 is 5.60 Å². The molecule has 3 unspecified atom stereocenters. The molecule has 8 rings (SSSR count). The van der Waals surface area contributed by atoms with E-state index in [1.54, 1.807) is 30.1 Å². The number of urea groups is 1. The van der Waals surface area contributed by atoms with Crippen LogP contribution in [0, 0.1) is 17.8 Å². The molecule has 206 valence electrons. The highest BCUT2D eigenvalue weighted by Gasteiger charge is 2.54. The molecule has 0 radical (unpaired) electrons. The molecule has 3 aromatic rings. The lowest BCUT2D eigenvalue weighted by atomic mass is 9.52. The third-order valence-corrected chi connectivity index (χ3v) is 9.21. The average Bonchev–Trinajstić information content (AvgIpc) is 3.59. The van der Waals surface area contributed by atoms with Crippen LogP contribution in [0.5, 0.6) is 0 Å². The van der Waals surface area contributed by atoms with Gasteiger partial charge in [-0.15, -0.1) is 0 Å². The molecule has 1 aliphatic heterocycles. The Morgan fingerprint density at radius 1 is 1.13 bits per heavy atom. The van der Waals surface area contributed by atoms with Gasteiger partial charge in [-0.2, -0.15) is 4.98 Å². The van der Waals surface area contributed by atoms with E-state index in [4.69, 9.17) is 4.52 Å². The fourth-order valence-electron chi connectivity index (χ4n) is 7.65. The molecule has 0 aromatic carbocycles. The summed E-state index contributed by atoms with van der Waals surface area (Å²) in [6.07, 6.45) is 8.45. The van der Waals surface area contributed by atoms with E-state index in [9.17, 15) is 14.7 Å². The van der Waals surface area contributed by atoms with Crippen LogP contribution in [-0.2, 0) is 0 Å². The number of carbonyl (C=O) groups is 2. The highest BCUT2D eigenvalue weighted by atomic mass is 16.5. The second kappa shape index (κ2) is 8.94. The number of hydrogen-bond acceptors (Lipinski definition) is 8. The lowest BCUT2D eigenvalue weighted by molar-refractivity contribution is -0.129. The quantitative estimate of drug-likeness (QED) is 0.463. The minimum absolute atomic E-state index is 0.00523. The van der Waals surface area contributed by atoms with E-state index in [0.717, 1.165) is 48.8 Å². The van der Waals surface area contributed by atoms with Crippen LogP contribution in [0.2, 0.25) is 0 Å². The van der Waals surface area contributed by atoms with Crippen molar-refractivity contribution in [1.82, 2.24) is 34.8 Å². The molecule has 5 aliphatic rings. The van der Waals surface area contributed by atoms with Crippen molar-refractivity contribution in [1.29, 1.82) is 0 Å². The topological polar surface area (TPSA) is 144 Å². The zero-order valence-electron chi connectivity index (χ0n) is 22.3. The first-order valence-corrected chi connectivity index (χ1v) is 13.8. The summed E-state index contributed by atoms with van der Waals surface area (Å²) in [5.74, 6) is 1.35. The van der Waals surface area contributed by atoms with Crippen molar-refractivity contribution in [2.75, 3.05) is 45.6 Å². The van der Waals surface area contributed by atoms with E-state index in [2.05, 4.69) is 25.4 Å². The lowest BCUT2D eigenvalue weighted by Gasteiger charge is -2.58. The van der Waals surface area contributed by atoms with Gasteiger partial charge in [0.05, 0.1) is 16.9 Å². The predicted octanol–water partition coefficient (Wildman–Crippen LogP) is 2.40. The van der Waals surface area contributed by atoms with Crippen molar-refractivity contribution in [3.63, 3.8) is 0 Å². The number of rotatable bonds is 4. The molecular formula is C27H34N8O4. The van der Waals surface area contributed by atoms with Crippen LogP contribution in [0.25, 0.3) is 22.5 Å². The van der Waals surface area contributed by atoms with Crippen LogP contribution in [0.1, 0.15) is 42.7 Å². The largest absolute Gasteiger partial charge is 0.390 e. The number of aliphatic hydroxyl groups is 1. The first kappa shape index (κ1) is 24.4. The molecule has 4 saturated carbocycles. The Bertz CT molecular complexity index is 1410. The molecule has 39 heavy (non-hydrogen) atoms. The summed E-state index contributed by atoms with van der Waals surface area (Å²) < 4.78 is 5.63. The van der Waals surface area contributed by atoms with E-state index in [0.29, 0.717) is 49.5 Å². The first-order valence-electron chi connectivity index (χ1n) is 13.8. The summed E-state index contributed by atoms with van der Waals surface area (Å²) in [5.41, 5.74) is 1.77. The van der Waals surface area contributed by atoms with Crippen molar-refractivity contribution >= 4 is 28.7 Å². The molecule has 4 aliphatic carbocycles. The summed E-state index contributed by atoms with van der Waals surface area (Å²) in [6, 6.07) is 2.16. The Morgan fingerprint density at radius 3 is 2.54 bits per heavy atom. The highest BCUT2D eigenvalue weighted by molar-refractivity contribution is 5.97. The monoisotopic (exact) mass is 534 g/mol. The number of H-pyrrole nitrogens is 1. The molecule has 12 nitrogen and oxygen atoms in total. The molecule has 5 fully saturated rings. The summed E-state index contributed by atoms with van der Waals surface area (Å²) in [7, 11) is 3.44. The van der Waals surface area contributed by atoms with Crippen molar-refractivity contribution in [2.24, 2.45) is 17.8 Å². The fourth-order valence-corrected chi connectivity index (χ4v) is 7.65. The van der Waals surface area contributed by atoms with E-state index in [1.807, 2.05) is 12.3 Å². The number of hydrogen-bond donors (Lipinski definition) is 3. The van der Waals surface area contributed by atoms with Gasteiger partial charge in [-0.25, -0.2) is 9.78 Å². The van der Waals surface area contributed by atoms with Crippen LogP contribution < -0.4 is 5.32 Å². The Morgan fingerprint density at radius 2 is 1.85 bits per heavy atom. The number of fused-ring (bicyclic) bond motifs is 1. The summed E-state index contributed by atoms with van der Waals surface area (Å²) >= 11 is 0. The van der Waals surface area contributed by atoms with Crippen molar-refractivity contribution < 1.29 is 19.2 Å². The third kappa shape index (κ3) is 4.12. The van der Waals surface area contributed by atoms with Gasteiger partial charge in [-0.05, 0) is 55.9 Å². The molecule has 4 heterocycles. The minimum atomic E-state index is -0.508. The van der Waals surface area contributed by atoms with Crippen LogP contribution >= 0.6 is 0 Å². The lowest BCUT2D eigenvalue weighted by Crippen LogP contribution is -2.59. The second-order valence-electron chi connectivity index (χ2n) is 12.0. The number of amides is 3. The van der Waals surface area contributed by atoms with Crippen molar-refractivity contribution in [3.8, 4) is 11.5 Å². The molecular weight excluding hydrogens is 500 g/mol. The van der Waals surface area contributed by atoms with Gasteiger partial charge in [0, 0.05) is 64.1 Å². The molecule has 5 atom stereocenters. The maximum atomic E-state index is 13.2. The molecule has 4 bridgehead atoms. The number of nitrogens with one attached hydrogen (secondary N) is 2. The van der Waals surface area contributed by atoms with Crippen molar-refractivity contribution in [2.45, 2.75) is 43.7 Å². The summed E-state index contributed by atoms with van der Waals surface area (Å²) in [4.78, 5) is 42.6. The Hall–Kier alpha value is -3.67. The summed E-state index contributed by atoms with van der Waals surface area (Å²) in [5, 5.41) is 19.8. The summed E-state index contributed by atoms with van der Waals surface area (Å²) in [6.45, 7) is 1.72. The van der Waals surface area contributed by atoms with Gasteiger partial charge in [0.25, 0.3) is 17.6 Å². The van der Waals surface area contributed by atoms with Crippen LogP contribution in [0.3, 0.4) is 0 Å². The first-order chi connectivity index (χ1) is 18.8. The maximum absolute atomic E-state index is 13.2. The Kier molecular flexibility index (Phi) is 5.58. The SMILES string of the molecule is CN(C)C(=O)N1CCN(C(=O)c2noc(-c3cnc4[nH]ccc4c3NC3[C@@H]4CC5C[C@H]3CC(O)(C5)C4)n2)CC1. The number of aromatic amines is 1. The van der Waals surface area contributed by atoms with Gasteiger partial charge in [0.2, 0.25) is 0 Å². The van der Waals surface area contributed by atoms with Gasteiger partial charge in [0.15, 0.2) is 0 Å². The number of pyridine rings is 1. The zero-order chi connectivity index (χ0) is 26.9. The Balaban J connectivity index is 1.14. The standard InChI is InChI=1S/C27H34N8O4/c1-33(2)26(37)35-7-5-34(6-8-35)25(36)23-31-24(39-32-23)19-14-29-22-18(3-4-28-22)21(19)30-20-16-9-15-10-17(20)13-27(38,11-15)12-16/h3-4,14-17,20,38H,5-13H2,1-2H3,(H2,28,29,30)/t15?,16-,17+,20?,27?. The molecule has 1 saturated heterocycles. The number of piperazine rings is 1. The van der Waals surface area contributed by atoms with Gasteiger partial charge in [-0.1, -0.05) is 5.16 Å². The van der Waals surface area contributed by atoms with Crippen LogP contribution in [0.4, 0.5) is 10.5 Å². The van der Waals surface area contributed by atoms with Crippen LogP contribution in [0.15, 0.2) is 23.0 Å². The molecule has 12 heteroatoms. The third-order valence-electron chi connectivity index (χ3n) is 9.21. The predicted molar refractivity (Wildman–Crippen MR) is 142 cm³/mol. The molecule has 0 spiro atoms. The van der Waals surface area contributed by atoms with Crippen molar-refractivity contribution in [3.05, 3.63) is 24.3 Å². The van der Waals surface area contributed by atoms with Crippen LogP contribution in [-0.4, -0.2) is 104 Å². The average molecular weight is 535 g/mol. The number of carbonyl (C=O) groups excluding carboxylic acids is 2. The minimum Gasteiger partial charge on any atom is -0.390 e. The smallest absolute Gasteiger partial charge is 0.319 e. The second-order valence-corrected chi connectivity index (χ2v) is 12.0. The molecule has 3 aromatic heterocycles. The number of aromatic nitrogens is 4. The normalized spacial score (nSPS) is 29.7. The van der Waals surface area contributed by atoms with Gasteiger partial charge < -0.3 is 34.6 Å². The van der Waals surface area contributed by atoms with Gasteiger partial charge in [0.1, 0.15) is 5.65 Å².